The molecule has 1 atom stereocenters. The van der Waals surface area contributed by atoms with Crippen molar-refractivity contribution in [2.45, 2.75) is 51.6 Å². The third-order valence-corrected chi connectivity index (χ3v) is 5.80. The lowest BCUT2D eigenvalue weighted by Crippen LogP contribution is -2.66. The number of ether oxygens (including phenoxy) is 5. The Bertz CT molecular complexity index is 599. The number of esters is 4. The van der Waals surface area contributed by atoms with E-state index in [9.17, 15) is 19.2 Å². The Morgan fingerprint density at radius 3 is 1.75 bits per heavy atom. The van der Waals surface area contributed by atoms with Crippen molar-refractivity contribution in [3.63, 3.8) is 0 Å². The molecule has 0 aromatic heterocycles. The molecular formula is C19H28O9. The zero-order valence-electron chi connectivity index (χ0n) is 16.8. The van der Waals surface area contributed by atoms with Crippen LogP contribution in [0.3, 0.4) is 0 Å². The van der Waals surface area contributed by atoms with E-state index in [0.717, 1.165) is 0 Å². The smallest absolute Gasteiger partial charge is 0.326 e. The van der Waals surface area contributed by atoms with Crippen molar-refractivity contribution in [1.29, 1.82) is 0 Å². The van der Waals surface area contributed by atoms with Gasteiger partial charge in [0.15, 0.2) is 10.8 Å². The summed E-state index contributed by atoms with van der Waals surface area (Å²) in [4.78, 5) is 51.3. The Labute approximate surface area is 164 Å². The van der Waals surface area contributed by atoms with Gasteiger partial charge in [-0.2, -0.15) is 0 Å². The van der Waals surface area contributed by atoms with E-state index in [-0.39, 0.29) is 45.5 Å². The van der Waals surface area contributed by atoms with Gasteiger partial charge in [0.1, 0.15) is 0 Å². The lowest BCUT2D eigenvalue weighted by atomic mass is 9.54. The second kappa shape index (κ2) is 8.46. The van der Waals surface area contributed by atoms with Crippen LogP contribution in [0, 0.1) is 10.8 Å². The quantitative estimate of drug-likeness (QED) is 0.368. The number of carbonyl (C=O) groups excluding carboxylic acids is 4. The fraction of sp³-hybridized carbons (Fsp3) is 0.789. The van der Waals surface area contributed by atoms with E-state index in [0.29, 0.717) is 6.42 Å². The fourth-order valence-electron chi connectivity index (χ4n) is 4.51. The van der Waals surface area contributed by atoms with Crippen LogP contribution in [-0.2, 0) is 42.9 Å². The first-order chi connectivity index (χ1) is 13.3. The Morgan fingerprint density at radius 1 is 0.821 bits per heavy atom. The molecule has 1 aliphatic heterocycles. The van der Waals surface area contributed by atoms with Crippen LogP contribution in [0.15, 0.2) is 0 Å². The number of carbonyl (C=O) groups is 4. The molecule has 1 saturated heterocycles. The van der Waals surface area contributed by atoms with Gasteiger partial charge in [0.25, 0.3) is 0 Å². The summed E-state index contributed by atoms with van der Waals surface area (Å²) in [6.07, 6.45) is 0.334. The number of hydrogen-bond donors (Lipinski definition) is 0. The maximum absolute atomic E-state index is 12.9. The highest BCUT2D eigenvalue weighted by Gasteiger charge is 2.73. The van der Waals surface area contributed by atoms with Gasteiger partial charge in [-0.05, 0) is 39.5 Å². The minimum Gasteiger partial charge on any atom is -0.468 e. The van der Waals surface area contributed by atoms with Crippen LogP contribution in [-0.4, -0.2) is 63.5 Å². The van der Waals surface area contributed by atoms with Crippen molar-refractivity contribution in [3.8, 4) is 0 Å². The standard InChI is InChI=1S/C19H28O9/c1-5-26-13(20)17(14(21)27-6-2)9-10-19(15(22)24-3,16(23)25-4)18(12-17)8-7-11-28-18/h5-12H2,1-4H3. The fourth-order valence-corrected chi connectivity index (χ4v) is 4.51. The Morgan fingerprint density at radius 2 is 1.36 bits per heavy atom. The molecule has 0 N–H and O–H groups in total. The SMILES string of the molecule is CCOC(=O)C1(C(=O)OCC)CCC(C(=O)OC)(C(=O)OC)C2(CCCO2)C1. The molecule has 2 fully saturated rings. The molecule has 9 heteroatoms. The van der Waals surface area contributed by atoms with E-state index in [1.807, 2.05) is 0 Å². The highest BCUT2D eigenvalue weighted by Crippen LogP contribution is 2.59. The van der Waals surface area contributed by atoms with Gasteiger partial charge in [-0.3, -0.25) is 19.2 Å². The van der Waals surface area contributed by atoms with Crippen LogP contribution in [0.2, 0.25) is 0 Å². The van der Waals surface area contributed by atoms with Gasteiger partial charge < -0.3 is 23.7 Å². The molecular weight excluding hydrogens is 372 g/mol. The lowest BCUT2D eigenvalue weighted by molar-refractivity contribution is -0.218. The second-order valence-electron chi connectivity index (χ2n) is 7.03. The Kier molecular flexibility index (Phi) is 6.69. The van der Waals surface area contributed by atoms with E-state index in [4.69, 9.17) is 23.7 Å². The molecule has 0 bridgehead atoms. The summed E-state index contributed by atoms with van der Waals surface area (Å²) < 4.78 is 26.1. The van der Waals surface area contributed by atoms with E-state index in [2.05, 4.69) is 0 Å². The minimum absolute atomic E-state index is 0.0764. The van der Waals surface area contributed by atoms with Gasteiger partial charge in [0.05, 0.1) is 33.0 Å². The summed E-state index contributed by atoms with van der Waals surface area (Å²) in [5, 5.41) is 0. The molecule has 2 rings (SSSR count). The van der Waals surface area contributed by atoms with Crippen LogP contribution >= 0.6 is 0 Å². The lowest BCUT2D eigenvalue weighted by Gasteiger charge is -2.51. The number of rotatable bonds is 6. The topological polar surface area (TPSA) is 114 Å². The third kappa shape index (κ3) is 3.15. The molecule has 0 amide bonds. The Hall–Kier alpha value is -2.16. The molecule has 9 nitrogen and oxygen atoms in total. The number of hydrogen-bond acceptors (Lipinski definition) is 9. The molecule has 1 heterocycles. The van der Waals surface area contributed by atoms with Crippen LogP contribution in [0.5, 0.6) is 0 Å². The van der Waals surface area contributed by atoms with Crippen molar-refractivity contribution in [2.75, 3.05) is 34.0 Å². The normalized spacial score (nSPS) is 25.0. The van der Waals surface area contributed by atoms with Gasteiger partial charge in [-0.1, -0.05) is 0 Å². The van der Waals surface area contributed by atoms with Gasteiger partial charge in [0, 0.05) is 13.0 Å². The van der Waals surface area contributed by atoms with Crippen LogP contribution < -0.4 is 0 Å². The van der Waals surface area contributed by atoms with Crippen molar-refractivity contribution in [1.82, 2.24) is 0 Å². The molecule has 0 aromatic rings. The molecule has 28 heavy (non-hydrogen) atoms. The average molecular weight is 400 g/mol. The molecule has 1 saturated carbocycles. The molecule has 1 aliphatic carbocycles. The molecule has 1 spiro atoms. The predicted octanol–water partition coefficient (Wildman–Crippen LogP) is 1.16. The van der Waals surface area contributed by atoms with Gasteiger partial charge in [-0.15, -0.1) is 0 Å². The Balaban J connectivity index is 2.61. The first-order valence-electron chi connectivity index (χ1n) is 9.45. The summed E-state index contributed by atoms with van der Waals surface area (Å²) in [5.74, 6) is -3.09. The maximum atomic E-state index is 12.9. The summed E-state index contributed by atoms with van der Waals surface area (Å²) in [6.45, 7) is 3.70. The molecule has 158 valence electrons. The number of methoxy groups -OCH3 is 2. The predicted molar refractivity (Wildman–Crippen MR) is 93.9 cm³/mol. The highest BCUT2D eigenvalue weighted by molar-refractivity contribution is 6.05. The summed E-state index contributed by atoms with van der Waals surface area (Å²) >= 11 is 0. The minimum atomic E-state index is -1.77. The van der Waals surface area contributed by atoms with Crippen LogP contribution in [0.25, 0.3) is 0 Å². The monoisotopic (exact) mass is 400 g/mol. The highest BCUT2D eigenvalue weighted by atomic mass is 16.6. The van der Waals surface area contributed by atoms with Gasteiger partial charge in [0.2, 0.25) is 0 Å². The van der Waals surface area contributed by atoms with Crippen molar-refractivity contribution < 1.29 is 42.9 Å². The van der Waals surface area contributed by atoms with E-state index in [1.54, 1.807) is 13.8 Å². The average Bonchev–Trinajstić information content (AvgIpc) is 3.16. The van der Waals surface area contributed by atoms with E-state index < -0.39 is 40.3 Å². The molecule has 0 radical (unpaired) electrons. The molecule has 2 aliphatic rings. The van der Waals surface area contributed by atoms with E-state index in [1.165, 1.54) is 14.2 Å². The van der Waals surface area contributed by atoms with Crippen molar-refractivity contribution in [2.24, 2.45) is 10.8 Å². The first-order valence-corrected chi connectivity index (χ1v) is 9.45. The maximum Gasteiger partial charge on any atom is 0.326 e. The van der Waals surface area contributed by atoms with E-state index >= 15 is 0 Å². The van der Waals surface area contributed by atoms with Gasteiger partial charge in [-0.25, -0.2) is 0 Å². The van der Waals surface area contributed by atoms with Crippen LogP contribution in [0.1, 0.15) is 46.0 Å². The zero-order valence-corrected chi connectivity index (χ0v) is 16.8. The van der Waals surface area contributed by atoms with Crippen LogP contribution in [0.4, 0.5) is 0 Å². The van der Waals surface area contributed by atoms with Gasteiger partial charge >= 0.3 is 23.9 Å². The molecule has 1 unspecified atom stereocenters. The third-order valence-electron chi connectivity index (χ3n) is 5.80. The largest absolute Gasteiger partial charge is 0.468 e. The van der Waals surface area contributed by atoms with Crippen molar-refractivity contribution >= 4 is 23.9 Å². The second-order valence-corrected chi connectivity index (χ2v) is 7.03. The zero-order chi connectivity index (χ0) is 21.0. The summed E-state index contributed by atoms with van der Waals surface area (Å²) in [7, 11) is 2.35. The molecule has 0 aromatic carbocycles. The van der Waals surface area contributed by atoms with Crippen molar-refractivity contribution in [3.05, 3.63) is 0 Å². The first kappa shape index (κ1) is 22.1. The summed E-state index contributed by atoms with van der Waals surface area (Å²) in [6, 6.07) is 0. The summed E-state index contributed by atoms with van der Waals surface area (Å²) in [5.41, 5.74) is -4.86.